The van der Waals surface area contributed by atoms with E-state index in [0.29, 0.717) is 106 Å². The lowest BCUT2D eigenvalue weighted by Gasteiger charge is -2.26. The summed E-state index contributed by atoms with van der Waals surface area (Å²) in [4.78, 5) is 2.41. The molecule has 0 fully saturated rings. The van der Waals surface area contributed by atoms with Gasteiger partial charge in [0.25, 0.3) is 0 Å². The minimum Gasteiger partial charge on any atom is -0.491 e. The van der Waals surface area contributed by atoms with Gasteiger partial charge in [0, 0.05) is 99.2 Å². The number of aromatic nitrogens is 3. The van der Waals surface area contributed by atoms with Crippen LogP contribution in [0.4, 0.5) is 17.1 Å². The van der Waals surface area contributed by atoms with Gasteiger partial charge in [0.15, 0.2) is 0 Å². The van der Waals surface area contributed by atoms with Crippen molar-refractivity contribution in [3.05, 3.63) is 176 Å². The van der Waals surface area contributed by atoms with Crippen molar-refractivity contribution in [1.29, 1.82) is 0 Å². The lowest BCUT2D eigenvalue weighted by molar-refractivity contribution is 0.0180. The van der Waals surface area contributed by atoms with Gasteiger partial charge in [-0.3, -0.25) is 0 Å². The first-order valence-corrected chi connectivity index (χ1v) is 28.4. The summed E-state index contributed by atoms with van der Waals surface area (Å²) >= 11 is 0. The lowest BCUT2D eigenvalue weighted by atomic mass is 10.1. The maximum atomic E-state index is 6.09. The smallest absolute Gasteiger partial charge is 0.119 e. The van der Waals surface area contributed by atoms with Crippen LogP contribution in [-0.2, 0) is 44.4 Å². The van der Waals surface area contributed by atoms with Gasteiger partial charge in [-0.05, 0) is 128 Å². The number of anilines is 3. The fraction of sp³-hybridized carbons (Fsp3) is 0.294. The van der Waals surface area contributed by atoms with Crippen molar-refractivity contribution >= 4 is 82.5 Å². The third-order valence-electron chi connectivity index (χ3n) is 14.7. The van der Waals surface area contributed by atoms with E-state index in [1.165, 1.54) is 16.3 Å². The standard InChI is InChI=1S/C68H72N4O10/c1-4-75-37-38-76-32-31-69-63-14-8-5-11-57(63)60-47-52(21-28-64(60)69)70(53-22-29-67-61(48-53)58-12-6-9-15-65(58)71(67)50-17-24-55(25-18-50)81-45-43-79-41-39-77-35-33-73-2)54-23-30-68-62(49-54)59-13-7-10-16-66(59)72(68)51-19-26-56(27-20-51)82-46-44-80-42-40-78-36-34-74-3/h5-30,47-49H,4,31-46H2,1-3H3. The highest BCUT2D eigenvalue weighted by Gasteiger charge is 2.22. The summed E-state index contributed by atoms with van der Waals surface area (Å²) in [7, 11) is 3.33. The van der Waals surface area contributed by atoms with E-state index in [1.807, 2.05) is 31.2 Å². The van der Waals surface area contributed by atoms with Crippen molar-refractivity contribution in [3.63, 3.8) is 0 Å². The van der Waals surface area contributed by atoms with Crippen LogP contribution < -0.4 is 14.4 Å². The van der Waals surface area contributed by atoms with Gasteiger partial charge in [-0.15, -0.1) is 0 Å². The molecule has 0 spiro atoms. The third-order valence-corrected chi connectivity index (χ3v) is 14.7. The topological polar surface area (TPSA) is 110 Å². The molecule has 424 valence electrons. The summed E-state index contributed by atoms with van der Waals surface area (Å²) < 4.78 is 63.4. The van der Waals surface area contributed by atoms with Gasteiger partial charge < -0.3 is 66.0 Å². The van der Waals surface area contributed by atoms with Gasteiger partial charge in [0.1, 0.15) is 24.7 Å². The summed E-state index contributed by atoms with van der Waals surface area (Å²) in [5, 5.41) is 6.98. The molecule has 0 aliphatic carbocycles. The van der Waals surface area contributed by atoms with Crippen LogP contribution in [0.3, 0.4) is 0 Å². The second-order valence-corrected chi connectivity index (χ2v) is 19.7. The highest BCUT2D eigenvalue weighted by Crippen LogP contribution is 2.44. The third kappa shape index (κ3) is 12.7. The Hall–Kier alpha value is -7.76. The molecule has 11 aromatic rings. The van der Waals surface area contributed by atoms with Gasteiger partial charge in [0.2, 0.25) is 0 Å². The molecule has 0 aliphatic heterocycles. The molecule has 0 radical (unpaired) electrons. The van der Waals surface area contributed by atoms with Crippen molar-refractivity contribution in [1.82, 2.24) is 13.7 Å². The van der Waals surface area contributed by atoms with E-state index in [1.54, 1.807) is 14.2 Å². The Bertz CT molecular complexity index is 3650. The average Bonchev–Trinajstić information content (AvgIpc) is 4.36. The summed E-state index contributed by atoms with van der Waals surface area (Å²) in [6.45, 7) is 11.3. The number of hydrogen-bond acceptors (Lipinski definition) is 11. The molecule has 3 heterocycles. The number of methoxy groups -OCH3 is 2. The minimum atomic E-state index is 0.440. The highest BCUT2D eigenvalue weighted by atomic mass is 16.6. The zero-order chi connectivity index (χ0) is 55.9. The van der Waals surface area contributed by atoms with Crippen LogP contribution in [0.15, 0.2) is 176 Å². The number of benzene rings is 8. The first-order chi connectivity index (χ1) is 40.6. The Morgan fingerprint density at radius 2 is 0.659 bits per heavy atom. The van der Waals surface area contributed by atoms with Gasteiger partial charge >= 0.3 is 0 Å². The molecule has 0 bridgehead atoms. The van der Waals surface area contributed by atoms with Crippen LogP contribution in [-0.4, -0.2) is 134 Å². The van der Waals surface area contributed by atoms with Crippen molar-refractivity contribution in [2.45, 2.75) is 13.5 Å². The molecule has 0 saturated heterocycles. The summed E-state index contributed by atoms with van der Waals surface area (Å²) in [5.41, 5.74) is 12.0. The Morgan fingerprint density at radius 1 is 0.317 bits per heavy atom. The number of hydrogen-bond donors (Lipinski definition) is 0. The molecule has 0 atom stereocenters. The number of rotatable bonds is 32. The molecule has 0 unspecified atom stereocenters. The van der Waals surface area contributed by atoms with E-state index < -0.39 is 0 Å². The van der Waals surface area contributed by atoms with E-state index in [0.717, 1.165) is 95.6 Å². The summed E-state index contributed by atoms with van der Waals surface area (Å²) in [6, 6.07) is 63.3. The molecule has 0 amide bonds. The minimum absolute atomic E-state index is 0.440. The first kappa shape index (κ1) is 56.1. The van der Waals surface area contributed by atoms with Crippen LogP contribution in [0.25, 0.3) is 76.8 Å². The second-order valence-electron chi connectivity index (χ2n) is 19.7. The molecule has 82 heavy (non-hydrogen) atoms. The zero-order valence-corrected chi connectivity index (χ0v) is 47.1. The molecule has 0 aliphatic rings. The second kappa shape index (κ2) is 27.8. The molecular formula is C68H72N4O10. The van der Waals surface area contributed by atoms with Crippen LogP contribution in [0, 0.1) is 0 Å². The molecule has 3 aromatic heterocycles. The number of para-hydroxylation sites is 3. The SMILES string of the molecule is CCOCCOCCn1c2ccccc2c2cc(N(c3ccc4c(c3)c3ccccc3n4-c3ccc(OCCOCCOCCOC)cc3)c3ccc4c(c3)c3ccccc3n4-c3ccc(OCCOCCOCCOC)cc3)ccc21. The van der Waals surface area contributed by atoms with Crippen molar-refractivity contribution in [2.75, 3.05) is 125 Å². The maximum Gasteiger partial charge on any atom is 0.119 e. The molecule has 8 aromatic carbocycles. The Kier molecular flexibility index (Phi) is 19.0. The van der Waals surface area contributed by atoms with Crippen LogP contribution in [0.5, 0.6) is 11.5 Å². The molecular weight excluding hydrogens is 1030 g/mol. The fourth-order valence-electron chi connectivity index (χ4n) is 10.9. The molecule has 11 rings (SSSR count). The van der Waals surface area contributed by atoms with Crippen LogP contribution in [0.1, 0.15) is 6.92 Å². The van der Waals surface area contributed by atoms with Crippen molar-refractivity contribution < 1.29 is 47.4 Å². The van der Waals surface area contributed by atoms with E-state index in [9.17, 15) is 0 Å². The van der Waals surface area contributed by atoms with E-state index in [4.69, 9.17) is 47.4 Å². The van der Waals surface area contributed by atoms with Crippen LogP contribution >= 0.6 is 0 Å². The highest BCUT2D eigenvalue weighted by molar-refractivity contribution is 6.14. The van der Waals surface area contributed by atoms with Gasteiger partial charge in [0.05, 0.1) is 108 Å². The lowest BCUT2D eigenvalue weighted by Crippen LogP contribution is -2.12. The first-order valence-electron chi connectivity index (χ1n) is 28.4. The largest absolute Gasteiger partial charge is 0.491 e. The Labute approximate surface area is 478 Å². The molecule has 0 saturated carbocycles. The van der Waals surface area contributed by atoms with E-state index >= 15 is 0 Å². The van der Waals surface area contributed by atoms with E-state index in [2.05, 4.69) is 170 Å². The summed E-state index contributed by atoms with van der Waals surface area (Å²) in [6.07, 6.45) is 0. The zero-order valence-electron chi connectivity index (χ0n) is 47.1. The molecule has 14 nitrogen and oxygen atoms in total. The molecule has 0 N–H and O–H groups in total. The average molecular weight is 1110 g/mol. The van der Waals surface area contributed by atoms with Crippen molar-refractivity contribution in [3.8, 4) is 22.9 Å². The quantitative estimate of drug-likeness (QED) is 0.0376. The number of ether oxygens (including phenoxy) is 10. The Morgan fingerprint density at radius 3 is 1.11 bits per heavy atom. The Balaban J connectivity index is 0.940. The monoisotopic (exact) mass is 1100 g/mol. The maximum absolute atomic E-state index is 6.09. The summed E-state index contributed by atoms with van der Waals surface area (Å²) in [5.74, 6) is 1.57. The van der Waals surface area contributed by atoms with Crippen LogP contribution in [0.2, 0.25) is 0 Å². The van der Waals surface area contributed by atoms with Gasteiger partial charge in [-0.1, -0.05) is 54.6 Å². The van der Waals surface area contributed by atoms with Crippen molar-refractivity contribution in [2.24, 2.45) is 0 Å². The van der Waals surface area contributed by atoms with E-state index in [-0.39, 0.29) is 0 Å². The normalized spacial score (nSPS) is 11.8. The predicted octanol–water partition coefficient (Wildman–Crippen LogP) is 13.6. The van der Waals surface area contributed by atoms with Gasteiger partial charge in [-0.2, -0.15) is 0 Å². The fourth-order valence-corrected chi connectivity index (χ4v) is 10.9. The van der Waals surface area contributed by atoms with Gasteiger partial charge in [-0.25, -0.2) is 0 Å². The predicted molar refractivity (Wildman–Crippen MR) is 328 cm³/mol. The number of nitrogens with zero attached hydrogens (tertiary/aromatic N) is 4. The molecule has 14 heteroatoms. The number of fused-ring (bicyclic) bond motifs is 9.